The molecule has 0 spiro atoms. The summed E-state index contributed by atoms with van der Waals surface area (Å²) in [5.74, 6) is 0. The lowest BCUT2D eigenvalue weighted by Crippen LogP contribution is -2.39. The summed E-state index contributed by atoms with van der Waals surface area (Å²) in [6.45, 7) is 0.846. The predicted molar refractivity (Wildman–Crippen MR) is 73.6 cm³/mol. The van der Waals surface area contributed by atoms with E-state index in [1.54, 1.807) is 12.4 Å². The third kappa shape index (κ3) is 3.64. The highest BCUT2D eigenvalue weighted by molar-refractivity contribution is 6.29. The summed E-state index contributed by atoms with van der Waals surface area (Å²) in [6, 6.07) is 1.36. The van der Waals surface area contributed by atoms with Crippen LogP contribution in [0.5, 0.6) is 0 Å². The van der Waals surface area contributed by atoms with Crippen LogP contribution >= 0.6 is 11.6 Å². The highest BCUT2D eigenvalue weighted by Crippen LogP contribution is 2.23. The van der Waals surface area contributed by atoms with Gasteiger partial charge in [0.15, 0.2) is 0 Å². The first-order valence-corrected chi connectivity index (χ1v) is 6.90. The van der Waals surface area contributed by atoms with Crippen molar-refractivity contribution in [2.45, 2.75) is 44.3 Å². The van der Waals surface area contributed by atoms with Crippen molar-refractivity contribution in [2.24, 2.45) is 0 Å². The van der Waals surface area contributed by atoms with Crippen molar-refractivity contribution >= 4 is 11.6 Å². The molecule has 100 valence electrons. The number of hydrogen-bond donors (Lipinski definition) is 1. The van der Waals surface area contributed by atoms with Crippen LogP contribution in [0, 0.1) is 0 Å². The fraction of sp³-hybridized carbons (Fsp3) is 0.692. The molecule has 4 nitrogen and oxygen atoms in total. The molecule has 1 aromatic rings. The molecule has 0 aromatic carbocycles. The minimum absolute atomic E-state index is 0.455. The molecule has 1 saturated carbocycles. The van der Waals surface area contributed by atoms with E-state index in [0.29, 0.717) is 17.2 Å². The summed E-state index contributed by atoms with van der Waals surface area (Å²) in [5.41, 5.74) is 0.984. The van der Waals surface area contributed by atoms with Gasteiger partial charge in [0.25, 0.3) is 0 Å². The molecule has 0 saturated heterocycles. The molecule has 0 aliphatic heterocycles. The number of hydrogen-bond acceptors (Lipinski definition) is 4. The second-order valence-corrected chi connectivity index (χ2v) is 5.43. The van der Waals surface area contributed by atoms with Crippen LogP contribution in [0.15, 0.2) is 12.4 Å². The van der Waals surface area contributed by atoms with Crippen molar-refractivity contribution in [3.8, 4) is 0 Å². The van der Waals surface area contributed by atoms with Crippen LogP contribution in [-0.2, 0) is 6.54 Å². The minimum atomic E-state index is 0.455. The van der Waals surface area contributed by atoms with Crippen molar-refractivity contribution in [3.63, 3.8) is 0 Å². The molecule has 1 aliphatic rings. The first-order chi connectivity index (χ1) is 8.69. The Morgan fingerprint density at radius 3 is 2.56 bits per heavy atom. The Morgan fingerprint density at radius 1 is 1.28 bits per heavy atom. The Bertz CT molecular complexity index is 360. The molecule has 1 N–H and O–H groups in total. The first-order valence-electron chi connectivity index (χ1n) is 6.53. The van der Waals surface area contributed by atoms with Gasteiger partial charge >= 0.3 is 0 Å². The van der Waals surface area contributed by atoms with Gasteiger partial charge in [-0.2, -0.15) is 0 Å². The Hall–Kier alpha value is -0.710. The Kier molecular flexibility index (Phi) is 4.92. The van der Waals surface area contributed by atoms with Gasteiger partial charge in [-0.05, 0) is 39.8 Å². The average molecular weight is 269 g/mol. The Labute approximate surface area is 114 Å². The van der Waals surface area contributed by atoms with Gasteiger partial charge in [0.05, 0.1) is 18.1 Å². The number of halogens is 1. The van der Waals surface area contributed by atoms with Gasteiger partial charge < -0.3 is 5.32 Å². The van der Waals surface area contributed by atoms with Gasteiger partial charge in [-0.25, -0.2) is 4.98 Å². The summed E-state index contributed by atoms with van der Waals surface area (Å²) in [4.78, 5) is 10.7. The standard InChI is InChI=1S/C13H21ClN4/c1-15-10-3-5-12(6-4-10)18(2)9-11-7-17-13(14)8-16-11/h7-8,10,12,15H,3-6,9H2,1-2H3. The Morgan fingerprint density at radius 2 is 2.00 bits per heavy atom. The third-order valence-corrected chi connectivity index (χ3v) is 4.01. The monoisotopic (exact) mass is 268 g/mol. The summed E-state index contributed by atoms with van der Waals surface area (Å²) in [7, 11) is 4.22. The van der Waals surface area contributed by atoms with Crippen LogP contribution in [-0.4, -0.2) is 41.0 Å². The van der Waals surface area contributed by atoms with Crippen LogP contribution in [0.2, 0.25) is 5.15 Å². The molecule has 2 rings (SSSR count). The zero-order valence-corrected chi connectivity index (χ0v) is 11.8. The SMILES string of the molecule is CNC1CCC(N(C)Cc2cnc(Cl)cn2)CC1. The molecule has 0 atom stereocenters. The van der Waals surface area contributed by atoms with E-state index < -0.39 is 0 Å². The molecule has 1 heterocycles. The van der Waals surface area contributed by atoms with E-state index in [0.717, 1.165) is 12.2 Å². The van der Waals surface area contributed by atoms with Gasteiger partial charge in [-0.15, -0.1) is 0 Å². The van der Waals surface area contributed by atoms with E-state index in [4.69, 9.17) is 11.6 Å². The topological polar surface area (TPSA) is 41.0 Å². The summed E-state index contributed by atoms with van der Waals surface area (Å²) in [6.07, 6.45) is 8.41. The van der Waals surface area contributed by atoms with Crippen LogP contribution in [0.3, 0.4) is 0 Å². The fourth-order valence-corrected chi connectivity index (χ4v) is 2.71. The van der Waals surface area contributed by atoms with Gasteiger partial charge in [-0.1, -0.05) is 11.6 Å². The lowest BCUT2D eigenvalue weighted by molar-refractivity contribution is 0.168. The Balaban J connectivity index is 1.85. The minimum Gasteiger partial charge on any atom is -0.317 e. The largest absolute Gasteiger partial charge is 0.317 e. The highest BCUT2D eigenvalue weighted by Gasteiger charge is 2.23. The average Bonchev–Trinajstić information content (AvgIpc) is 2.41. The lowest BCUT2D eigenvalue weighted by Gasteiger charge is -2.34. The summed E-state index contributed by atoms with van der Waals surface area (Å²) >= 11 is 5.73. The fourth-order valence-electron chi connectivity index (χ4n) is 2.61. The van der Waals surface area contributed by atoms with E-state index in [-0.39, 0.29) is 0 Å². The molecule has 5 heteroatoms. The smallest absolute Gasteiger partial charge is 0.147 e. The highest BCUT2D eigenvalue weighted by atomic mass is 35.5. The van der Waals surface area contributed by atoms with Gasteiger partial charge in [-0.3, -0.25) is 9.88 Å². The van der Waals surface area contributed by atoms with E-state index in [2.05, 4.69) is 34.3 Å². The third-order valence-electron chi connectivity index (χ3n) is 3.81. The van der Waals surface area contributed by atoms with Crippen molar-refractivity contribution in [2.75, 3.05) is 14.1 Å². The normalized spacial score (nSPS) is 24.4. The van der Waals surface area contributed by atoms with E-state index in [1.807, 2.05) is 0 Å². The van der Waals surface area contributed by atoms with Crippen LogP contribution in [0.25, 0.3) is 0 Å². The van der Waals surface area contributed by atoms with E-state index >= 15 is 0 Å². The number of nitrogens with one attached hydrogen (secondary N) is 1. The van der Waals surface area contributed by atoms with Crippen LogP contribution in [0.4, 0.5) is 0 Å². The van der Waals surface area contributed by atoms with Crippen LogP contribution < -0.4 is 5.32 Å². The zero-order valence-electron chi connectivity index (χ0n) is 11.1. The van der Waals surface area contributed by atoms with Gasteiger partial charge in [0.1, 0.15) is 5.15 Å². The van der Waals surface area contributed by atoms with Crippen molar-refractivity contribution in [1.82, 2.24) is 20.2 Å². The van der Waals surface area contributed by atoms with Crippen LogP contribution in [0.1, 0.15) is 31.4 Å². The molecule has 0 bridgehead atoms. The number of aromatic nitrogens is 2. The molecule has 0 radical (unpaired) electrons. The lowest BCUT2D eigenvalue weighted by atomic mass is 9.90. The maximum atomic E-state index is 5.73. The quantitative estimate of drug-likeness (QED) is 0.908. The zero-order chi connectivity index (χ0) is 13.0. The molecule has 0 unspecified atom stereocenters. The number of nitrogens with zero attached hydrogens (tertiary/aromatic N) is 3. The maximum absolute atomic E-state index is 5.73. The molecule has 0 amide bonds. The molecule has 18 heavy (non-hydrogen) atoms. The molecular formula is C13H21ClN4. The predicted octanol–water partition coefficient (Wildman–Crippen LogP) is 2.09. The second-order valence-electron chi connectivity index (χ2n) is 5.04. The van der Waals surface area contributed by atoms with Crippen molar-refractivity contribution in [1.29, 1.82) is 0 Å². The summed E-state index contributed by atoms with van der Waals surface area (Å²) < 4.78 is 0. The summed E-state index contributed by atoms with van der Waals surface area (Å²) in [5, 5.41) is 3.82. The van der Waals surface area contributed by atoms with Gasteiger partial charge in [0.2, 0.25) is 0 Å². The van der Waals surface area contributed by atoms with E-state index in [9.17, 15) is 0 Å². The molecular weight excluding hydrogens is 248 g/mol. The second kappa shape index (κ2) is 6.45. The van der Waals surface area contributed by atoms with Crippen molar-refractivity contribution in [3.05, 3.63) is 23.2 Å². The van der Waals surface area contributed by atoms with Crippen molar-refractivity contribution < 1.29 is 0 Å². The maximum Gasteiger partial charge on any atom is 0.147 e. The number of rotatable bonds is 4. The molecule has 1 aliphatic carbocycles. The molecule has 1 fully saturated rings. The first kappa shape index (κ1) is 13.7. The molecule has 1 aromatic heterocycles. The van der Waals surface area contributed by atoms with Gasteiger partial charge in [0, 0.05) is 18.6 Å². The van der Waals surface area contributed by atoms with E-state index in [1.165, 1.54) is 25.7 Å².